The summed E-state index contributed by atoms with van der Waals surface area (Å²) in [6.07, 6.45) is 5.63. The van der Waals surface area contributed by atoms with Gasteiger partial charge < -0.3 is 9.30 Å². The monoisotopic (exact) mass is 772 g/mol. The maximum absolute atomic E-state index is 6.14. The van der Waals surface area contributed by atoms with Crippen LogP contribution in [-0.2, 0) is 25.0 Å². The Morgan fingerprint density at radius 1 is 0.678 bits per heavy atom. The first-order chi connectivity index (χ1) is 29.1. The summed E-state index contributed by atoms with van der Waals surface area (Å²) in [5.74, 6) is 1.72. The first kappa shape index (κ1) is 36.2. The molecule has 0 aliphatic carbocycles. The fraction of sp³-hybridized carbons (Fsp3) is 0.180. The van der Waals surface area contributed by atoms with Gasteiger partial charge in [-0.05, 0) is 83.0 Å². The van der Waals surface area contributed by atoms with E-state index in [2.05, 4.69) is 150 Å². The van der Waals surface area contributed by atoms with Gasteiger partial charge in [0.25, 0.3) is 6.01 Å². The van der Waals surface area contributed by atoms with Gasteiger partial charge in [0.15, 0.2) is 5.54 Å². The van der Waals surface area contributed by atoms with Crippen molar-refractivity contribution in [3.05, 3.63) is 191 Å². The molecule has 0 fully saturated rings. The second kappa shape index (κ2) is 15.3. The molecule has 0 N–H and O–H groups in total. The lowest BCUT2D eigenvalue weighted by atomic mass is 9.77. The van der Waals surface area contributed by atoms with E-state index in [0.717, 1.165) is 79.8 Å². The molecule has 9 nitrogen and oxygen atoms in total. The van der Waals surface area contributed by atoms with Crippen molar-refractivity contribution in [2.24, 2.45) is 0 Å². The van der Waals surface area contributed by atoms with Crippen molar-refractivity contribution in [1.29, 1.82) is 0 Å². The molecule has 1 aliphatic rings. The molecule has 0 radical (unpaired) electrons. The molecule has 6 aromatic carbocycles. The first-order valence-corrected chi connectivity index (χ1v) is 20.5. The molecule has 290 valence electrons. The maximum Gasteiger partial charge on any atom is 0.297 e. The summed E-state index contributed by atoms with van der Waals surface area (Å²) in [7, 11) is 0. The zero-order chi connectivity index (χ0) is 39.8. The van der Waals surface area contributed by atoms with Gasteiger partial charge in [-0.3, -0.25) is 4.57 Å². The third-order valence-corrected chi connectivity index (χ3v) is 11.5. The highest BCUT2D eigenvalue weighted by Crippen LogP contribution is 2.41. The van der Waals surface area contributed by atoms with Gasteiger partial charge in [0.2, 0.25) is 5.82 Å². The highest BCUT2D eigenvalue weighted by atomic mass is 16.5. The standard InChI is InChI=1S/C50H44N8O/c1-3-59-49-52-47-35(2)31-38(44-34-56-30-16-15-25-46(56)51-44)32-45(47)57(49)33-36-26-28-37(29-27-36)42-23-13-14-24-43(42)48-53-55-58(54-48)50(39-17-7-4-8-18-39,40-19-9-5-10-20-40)41-21-11-6-12-22-41/h4-14,17-24,26-29,31-32,34H,3,15-16,25,30,33H2,1-2H3. The van der Waals surface area contributed by atoms with Crippen molar-refractivity contribution >= 4 is 11.0 Å². The van der Waals surface area contributed by atoms with Crippen LogP contribution in [0.2, 0.25) is 0 Å². The fourth-order valence-electron chi connectivity index (χ4n) is 8.71. The number of fused-ring (bicyclic) bond motifs is 2. The Kier molecular flexibility index (Phi) is 9.41. The number of aromatic nitrogens is 8. The van der Waals surface area contributed by atoms with E-state index < -0.39 is 5.54 Å². The predicted octanol–water partition coefficient (Wildman–Crippen LogP) is 10.2. The molecule has 0 unspecified atom stereocenters. The van der Waals surface area contributed by atoms with Crippen molar-refractivity contribution in [2.75, 3.05) is 6.61 Å². The Labute approximate surface area is 343 Å². The van der Waals surface area contributed by atoms with Gasteiger partial charge in [-0.25, -0.2) is 4.98 Å². The van der Waals surface area contributed by atoms with Gasteiger partial charge in [-0.2, -0.15) is 4.98 Å². The topological polar surface area (TPSA) is 88.5 Å². The van der Waals surface area contributed by atoms with Crippen molar-refractivity contribution in [3.8, 4) is 39.8 Å². The van der Waals surface area contributed by atoms with E-state index in [1.54, 1.807) is 4.80 Å². The Balaban J connectivity index is 1.01. The number of aryl methyl sites for hydroxylation is 3. The highest BCUT2D eigenvalue weighted by molar-refractivity contribution is 5.86. The Bertz CT molecular complexity index is 2760. The largest absolute Gasteiger partial charge is 0.465 e. The van der Waals surface area contributed by atoms with E-state index in [9.17, 15) is 0 Å². The van der Waals surface area contributed by atoms with Crippen LogP contribution >= 0.6 is 0 Å². The van der Waals surface area contributed by atoms with Crippen LogP contribution in [-0.4, -0.2) is 45.9 Å². The molecule has 1 aliphatic heterocycles. The van der Waals surface area contributed by atoms with Crippen LogP contribution in [0.15, 0.2) is 158 Å². The van der Waals surface area contributed by atoms with Crippen LogP contribution in [0.25, 0.3) is 44.8 Å². The zero-order valence-corrected chi connectivity index (χ0v) is 33.2. The molecule has 0 saturated heterocycles. The number of hydrogen-bond acceptors (Lipinski definition) is 6. The van der Waals surface area contributed by atoms with E-state index in [1.807, 2.05) is 31.2 Å². The summed E-state index contributed by atoms with van der Waals surface area (Å²) >= 11 is 0. The zero-order valence-electron chi connectivity index (χ0n) is 33.2. The summed E-state index contributed by atoms with van der Waals surface area (Å²) in [5.41, 5.74) is 11.6. The second-order valence-corrected chi connectivity index (χ2v) is 15.2. The van der Waals surface area contributed by atoms with E-state index in [4.69, 9.17) is 30.1 Å². The molecular formula is C50H44N8O. The van der Waals surface area contributed by atoms with Crippen LogP contribution in [0.4, 0.5) is 0 Å². The summed E-state index contributed by atoms with van der Waals surface area (Å²) in [5, 5.41) is 14.8. The van der Waals surface area contributed by atoms with Crippen molar-refractivity contribution in [3.63, 3.8) is 0 Å². The first-order valence-electron chi connectivity index (χ1n) is 20.5. The van der Waals surface area contributed by atoms with Gasteiger partial charge in [-0.15, -0.1) is 15.0 Å². The SMILES string of the molecule is CCOc1nc2c(C)cc(-c3cn4c(n3)CCCC4)cc2n1Cc1ccc(-c2ccccc2-c2nnn(C(c3ccccc3)(c3ccccc3)c3ccccc3)n2)cc1. The molecule has 9 aromatic rings. The molecule has 0 atom stereocenters. The van der Waals surface area contributed by atoms with Gasteiger partial charge in [0, 0.05) is 30.3 Å². The second-order valence-electron chi connectivity index (χ2n) is 15.2. The number of imidazole rings is 2. The van der Waals surface area contributed by atoms with E-state index in [-0.39, 0.29) is 0 Å². The predicted molar refractivity (Wildman–Crippen MR) is 232 cm³/mol. The third-order valence-electron chi connectivity index (χ3n) is 11.5. The smallest absolute Gasteiger partial charge is 0.297 e. The summed E-state index contributed by atoms with van der Waals surface area (Å²) in [6.45, 7) is 6.29. The number of hydrogen-bond donors (Lipinski definition) is 0. The van der Waals surface area contributed by atoms with Crippen LogP contribution < -0.4 is 4.74 Å². The lowest BCUT2D eigenvalue weighted by molar-refractivity contribution is 0.301. The molecule has 3 aromatic heterocycles. The fourth-order valence-corrected chi connectivity index (χ4v) is 8.71. The minimum absolute atomic E-state index is 0.528. The summed E-state index contributed by atoms with van der Waals surface area (Å²) in [6, 6.07) is 53.3. The number of ether oxygens (including phenoxy) is 1. The highest BCUT2D eigenvalue weighted by Gasteiger charge is 2.41. The van der Waals surface area contributed by atoms with E-state index >= 15 is 0 Å². The lowest BCUT2D eigenvalue weighted by Gasteiger charge is -2.34. The number of benzene rings is 6. The van der Waals surface area contributed by atoms with Crippen molar-refractivity contribution < 1.29 is 4.74 Å². The van der Waals surface area contributed by atoms with E-state index in [1.165, 1.54) is 18.7 Å². The molecule has 0 spiro atoms. The molecule has 4 heterocycles. The lowest BCUT2D eigenvalue weighted by Crippen LogP contribution is -2.39. The minimum Gasteiger partial charge on any atom is -0.465 e. The number of tetrazole rings is 1. The van der Waals surface area contributed by atoms with Gasteiger partial charge in [-0.1, -0.05) is 140 Å². The van der Waals surface area contributed by atoms with Gasteiger partial charge in [0.1, 0.15) is 5.82 Å². The molecule has 9 heteroatoms. The Morgan fingerprint density at radius 3 is 1.97 bits per heavy atom. The molecule has 0 bridgehead atoms. The maximum atomic E-state index is 6.14. The van der Waals surface area contributed by atoms with Crippen LogP contribution in [0.1, 0.15) is 53.4 Å². The van der Waals surface area contributed by atoms with Crippen LogP contribution in [0, 0.1) is 6.92 Å². The van der Waals surface area contributed by atoms with Gasteiger partial charge in [0.05, 0.1) is 29.9 Å². The number of rotatable bonds is 11. The Morgan fingerprint density at radius 2 is 1.32 bits per heavy atom. The van der Waals surface area contributed by atoms with Crippen molar-refractivity contribution in [2.45, 2.75) is 51.7 Å². The quantitative estimate of drug-likeness (QED) is 0.122. The molecule has 10 rings (SSSR count). The average Bonchev–Trinajstić information content (AvgIpc) is 4.04. The normalized spacial score (nSPS) is 12.8. The minimum atomic E-state index is -0.860. The van der Waals surface area contributed by atoms with E-state index in [0.29, 0.717) is 25.0 Å². The average molecular weight is 773 g/mol. The van der Waals surface area contributed by atoms with Gasteiger partial charge >= 0.3 is 0 Å². The number of nitrogens with zero attached hydrogens (tertiary/aromatic N) is 8. The van der Waals surface area contributed by atoms with Crippen molar-refractivity contribution in [1.82, 2.24) is 39.3 Å². The molecular weight excluding hydrogens is 729 g/mol. The van der Waals surface area contributed by atoms with Crippen LogP contribution in [0.3, 0.4) is 0 Å². The summed E-state index contributed by atoms with van der Waals surface area (Å²) < 4.78 is 10.6. The van der Waals surface area contributed by atoms with Crippen LogP contribution in [0.5, 0.6) is 6.01 Å². The molecule has 0 saturated carbocycles. The molecule has 59 heavy (non-hydrogen) atoms. The summed E-state index contributed by atoms with van der Waals surface area (Å²) in [4.78, 5) is 11.8. The Hall–Kier alpha value is -7.13. The molecule has 0 amide bonds. The third kappa shape index (κ3) is 6.49.